The number of rotatable bonds is 7. The Balaban J connectivity index is 1.44. The van der Waals surface area contributed by atoms with Gasteiger partial charge in [-0.2, -0.15) is 0 Å². The summed E-state index contributed by atoms with van der Waals surface area (Å²) in [5.74, 6) is -1.19. The number of nitrogens with zero attached hydrogens (tertiary/aromatic N) is 2. The third-order valence-corrected chi connectivity index (χ3v) is 5.65. The number of halogens is 1. The number of hydrogen-bond donors (Lipinski definition) is 2. The van der Waals surface area contributed by atoms with Crippen LogP contribution in [-0.2, 0) is 21.7 Å². The number of carbonyl (C=O) groups is 3. The highest BCUT2D eigenvalue weighted by atomic mass is 32.1. The summed E-state index contributed by atoms with van der Waals surface area (Å²) in [4.78, 5) is 43.0. The van der Waals surface area contributed by atoms with Crippen molar-refractivity contribution in [3.8, 4) is 5.75 Å². The summed E-state index contributed by atoms with van der Waals surface area (Å²) in [6, 6.07) is 11.4. The Labute approximate surface area is 187 Å². The van der Waals surface area contributed by atoms with Crippen LogP contribution in [-0.4, -0.2) is 34.3 Å². The van der Waals surface area contributed by atoms with E-state index in [-0.39, 0.29) is 6.61 Å². The molecule has 3 aromatic rings. The Morgan fingerprint density at radius 3 is 2.69 bits per heavy atom. The standard InChI is InChI=1S/C22H19FN4O4S/c1-22(14-6-8-15(23)9-7-14)20(29)27(21(30)26-22)10-19(28)25-17-4-2-3-5-18(17)31-11-16-12-32-13-24-16/h2-9,12-13H,10-11H2,1H3,(H,25,28)(H,26,30). The maximum Gasteiger partial charge on any atom is 0.325 e. The third-order valence-electron chi connectivity index (χ3n) is 5.02. The molecule has 0 spiro atoms. The van der Waals surface area contributed by atoms with Crippen molar-refractivity contribution in [3.05, 3.63) is 76.5 Å². The van der Waals surface area contributed by atoms with Gasteiger partial charge in [0, 0.05) is 5.38 Å². The van der Waals surface area contributed by atoms with Crippen molar-refractivity contribution in [1.82, 2.24) is 15.2 Å². The van der Waals surface area contributed by atoms with E-state index >= 15 is 0 Å². The van der Waals surface area contributed by atoms with Crippen LogP contribution < -0.4 is 15.4 Å². The maximum atomic E-state index is 13.2. The second-order valence-corrected chi connectivity index (χ2v) is 7.98. The van der Waals surface area contributed by atoms with Crippen LogP contribution in [0, 0.1) is 5.82 Å². The smallest absolute Gasteiger partial charge is 0.325 e. The van der Waals surface area contributed by atoms with E-state index in [2.05, 4.69) is 15.6 Å². The first-order valence-corrected chi connectivity index (χ1v) is 10.6. The summed E-state index contributed by atoms with van der Waals surface area (Å²) in [6.45, 7) is 1.27. The Morgan fingerprint density at radius 1 is 1.22 bits per heavy atom. The monoisotopic (exact) mass is 454 g/mol. The highest BCUT2D eigenvalue weighted by Crippen LogP contribution is 2.29. The predicted molar refractivity (Wildman–Crippen MR) is 116 cm³/mol. The number of anilines is 1. The number of imide groups is 1. The van der Waals surface area contributed by atoms with E-state index in [4.69, 9.17) is 4.74 Å². The van der Waals surface area contributed by atoms with Gasteiger partial charge in [0.1, 0.15) is 30.3 Å². The number of thiazole rings is 1. The van der Waals surface area contributed by atoms with Crippen molar-refractivity contribution in [3.63, 3.8) is 0 Å². The molecule has 0 aliphatic carbocycles. The highest BCUT2D eigenvalue weighted by molar-refractivity contribution is 7.07. The number of amides is 4. The van der Waals surface area contributed by atoms with Gasteiger partial charge < -0.3 is 15.4 Å². The normalized spacial score (nSPS) is 17.9. The minimum absolute atomic E-state index is 0.236. The van der Waals surface area contributed by atoms with Gasteiger partial charge in [0.15, 0.2) is 0 Å². The van der Waals surface area contributed by atoms with Gasteiger partial charge in [-0.25, -0.2) is 14.2 Å². The summed E-state index contributed by atoms with van der Waals surface area (Å²) in [5, 5.41) is 7.12. The number of urea groups is 1. The van der Waals surface area contributed by atoms with Gasteiger partial charge in [-0.3, -0.25) is 14.5 Å². The van der Waals surface area contributed by atoms with Gasteiger partial charge in [0.05, 0.1) is 16.9 Å². The van der Waals surface area contributed by atoms with Crippen molar-refractivity contribution >= 4 is 34.9 Å². The summed E-state index contributed by atoms with van der Waals surface area (Å²) < 4.78 is 19.0. The van der Waals surface area contributed by atoms with Crippen LogP contribution in [0.1, 0.15) is 18.2 Å². The lowest BCUT2D eigenvalue weighted by Crippen LogP contribution is -2.42. The lowest BCUT2D eigenvalue weighted by Gasteiger charge is -2.22. The third kappa shape index (κ3) is 4.30. The number of nitrogens with one attached hydrogen (secondary N) is 2. The van der Waals surface area contributed by atoms with Crippen molar-refractivity contribution < 1.29 is 23.5 Å². The maximum absolute atomic E-state index is 13.2. The largest absolute Gasteiger partial charge is 0.485 e. The fraction of sp³-hybridized carbons (Fsp3) is 0.182. The van der Waals surface area contributed by atoms with Crippen LogP contribution >= 0.6 is 11.3 Å². The number of ether oxygens (including phenoxy) is 1. The second-order valence-electron chi connectivity index (χ2n) is 7.27. The number of aromatic nitrogens is 1. The van der Waals surface area contributed by atoms with Crippen molar-refractivity contribution in [2.75, 3.05) is 11.9 Å². The molecule has 2 N–H and O–H groups in total. The summed E-state index contributed by atoms with van der Waals surface area (Å²) in [6.07, 6.45) is 0. The van der Waals surface area contributed by atoms with Gasteiger partial charge >= 0.3 is 6.03 Å². The molecule has 1 saturated heterocycles. The molecular formula is C22H19FN4O4S. The molecule has 10 heteroatoms. The van der Waals surface area contributed by atoms with E-state index in [1.807, 2.05) is 5.38 Å². The van der Waals surface area contributed by atoms with E-state index < -0.39 is 35.7 Å². The summed E-state index contributed by atoms with van der Waals surface area (Å²) in [7, 11) is 0. The molecule has 1 aliphatic rings. The fourth-order valence-corrected chi connectivity index (χ4v) is 3.85. The van der Waals surface area contributed by atoms with Gasteiger partial charge in [0.25, 0.3) is 5.91 Å². The molecule has 0 bridgehead atoms. The second kappa shape index (κ2) is 8.75. The van der Waals surface area contributed by atoms with E-state index in [0.717, 1.165) is 10.6 Å². The van der Waals surface area contributed by atoms with Gasteiger partial charge in [0.2, 0.25) is 5.91 Å². The molecule has 0 saturated carbocycles. The summed E-state index contributed by atoms with van der Waals surface area (Å²) >= 11 is 1.45. The number of hydrogen-bond acceptors (Lipinski definition) is 6. The minimum Gasteiger partial charge on any atom is -0.485 e. The van der Waals surface area contributed by atoms with Crippen molar-refractivity contribution in [2.45, 2.75) is 19.1 Å². The van der Waals surface area contributed by atoms with Crippen LogP contribution in [0.2, 0.25) is 0 Å². The van der Waals surface area contributed by atoms with Gasteiger partial charge in [-0.05, 0) is 36.8 Å². The summed E-state index contributed by atoms with van der Waals surface area (Å²) in [5.41, 5.74) is 1.89. The van der Waals surface area contributed by atoms with E-state index in [9.17, 15) is 18.8 Å². The molecule has 1 atom stereocenters. The zero-order chi connectivity index (χ0) is 22.7. The van der Waals surface area contributed by atoms with Crippen molar-refractivity contribution in [2.24, 2.45) is 0 Å². The van der Waals surface area contributed by atoms with Crippen LogP contribution in [0.5, 0.6) is 5.75 Å². The van der Waals surface area contributed by atoms with Crippen LogP contribution in [0.3, 0.4) is 0 Å². The molecule has 4 amide bonds. The van der Waals surface area contributed by atoms with Crippen LogP contribution in [0.15, 0.2) is 59.4 Å². The molecular weight excluding hydrogens is 435 g/mol. The molecule has 164 valence electrons. The molecule has 0 radical (unpaired) electrons. The first-order chi connectivity index (χ1) is 15.4. The topological polar surface area (TPSA) is 101 Å². The Hall–Kier alpha value is -3.79. The molecule has 32 heavy (non-hydrogen) atoms. The van der Waals surface area contributed by atoms with Gasteiger partial charge in [-0.1, -0.05) is 24.3 Å². The molecule has 8 nitrogen and oxygen atoms in total. The Bertz CT molecular complexity index is 1150. The molecule has 2 aromatic carbocycles. The Kier molecular flexibility index (Phi) is 5.87. The SMILES string of the molecule is CC1(c2ccc(F)cc2)NC(=O)N(CC(=O)Nc2ccccc2OCc2cscn2)C1=O. The lowest BCUT2D eigenvalue weighted by atomic mass is 9.92. The van der Waals surface area contributed by atoms with E-state index in [1.54, 1.807) is 29.8 Å². The van der Waals surface area contributed by atoms with Crippen molar-refractivity contribution in [1.29, 1.82) is 0 Å². The molecule has 2 heterocycles. The predicted octanol–water partition coefficient (Wildman–Crippen LogP) is 3.27. The van der Waals surface area contributed by atoms with Crippen LogP contribution in [0.4, 0.5) is 14.9 Å². The quantitative estimate of drug-likeness (QED) is 0.534. The number of para-hydroxylation sites is 2. The highest BCUT2D eigenvalue weighted by Gasteiger charge is 2.49. The zero-order valence-electron chi connectivity index (χ0n) is 17.0. The molecule has 1 unspecified atom stereocenters. The molecule has 1 aliphatic heterocycles. The lowest BCUT2D eigenvalue weighted by molar-refractivity contribution is -0.133. The average molecular weight is 454 g/mol. The number of carbonyl (C=O) groups excluding carboxylic acids is 3. The Morgan fingerprint density at radius 2 is 1.97 bits per heavy atom. The molecule has 1 aromatic heterocycles. The minimum atomic E-state index is -1.39. The zero-order valence-corrected chi connectivity index (χ0v) is 17.8. The van der Waals surface area contributed by atoms with E-state index in [1.165, 1.54) is 42.5 Å². The van der Waals surface area contributed by atoms with E-state index in [0.29, 0.717) is 17.0 Å². The first-order valence-electron chi connectivity index (χ1n) is 9.66. The number of benzene rings is 2. The first kappa shape index (κ1) is 21.4. The molecule has 1 fully saturated rings. The van der Waals surface area contributed by atoms with Gasteiger partial charge in [-0.15, -0.1) is 11.3 Å². The fourth-order valence-electron chi connectivity index (χ4n) is 3.31. The van der Waals surface area contributed by atoms with Crippen LogP contribution in [0.25, 0.3) is 0 Å². The molecule has 4 rings (SSSR count). The average Bonchev–Trinajstić information content (AvgIpc) is 3.37.